The largest absolute Gasteiger partial charge is 0.465 e. The van der Waals surface area contributed by atoms with Crippen LogP contribution in [-0.2, 0) is 0 Å². The predicted molar refractivity (Wildman–Crippen MR) is 111 cm³/mol. The molecule has 2 rings (SSSR count). The van der Waals surface area contributed by atoms with Crippen LogP contribution < -0.4 is 21.7 Å². The number of ketones is 1. The number of aromatic nitrogens is 1. The molecule has 1 aromatic carbocycles. The number of halogens is 1. The topological polar surface area (TPSA) is 146 Å². The molecular weight excluding hydrogens is 393 g/mol. The van der Waals surface area contributed by atoms with E-state index in [1.54, 1.807) is 38.1 Å². The Morgan fingerprint density at radius 3 is 2.50 bits per heavy atom. The fourth-order valence-corrected chi connectivity index (χ4v) is 2.88. The van der Waals surface area contributed by atoms with Crippen molar-refractivity contribution in [3.8, 4) is 0 Å². The molecule has 1 aromatic heterocycles. The Hall–Kier alpha value is -3.69. The maximum Gasteiger partial charge on any atom is 0.404 e. The van der Waals surface area contributed by atoms with Gasteiger partial charge in [-0.2, -0.15) is 0 Å². The average molecular weight is 417 g/mol. The lowest BCUT2D eigenvalue weighted by molar-refractivity contribution is 0.0996. The molecule has 0 radical (unpaired) electrons. The molecule has 2 atom stereocenters. The van der Waals surface area contributed by atoms with E-state index in [4.69, 9.17) is 10.8 Å². The van der Waals surface area contributed by atoms with E-state index in [0.717, 1.165) is 6.07 Å². The summed E-state index contributed by atoms with van der Waals surface area (Å²) in [6.45, 7) is 4.86. The molecule has 0 unspecified atom stereocenters. The van der Waals surface area contributed by atoms with Crippen molar-refractivity contribution < 1.29 is 23.9 Å². The summed E-state index contributed by atoms with van der Waals surface area (Å²) >= 11 is 0. The van der Waals surface area contributed by atoms with Crippen LogP contribution in [0.5, 0.6) is 0 Å². The second-order valence-corrected chi connectivity index (χ2v) is 6.74. The number of hydrogen-bond donors (Lipinski definition) is 5. The van der Waals surface area contributed by atoms with Crippen molar-refractivity contribution in [2.24, 2.45) is 5.73 Å². The molecule has 0 spiro atoms. The predicted octanol–water partition coefficient (Wildman–Crippen LogP) is 3.11. The Balaban J connectivity index is 2.40. The number of Topliss-reactive ketones (excluding diaryl/α,β-unsaturated/α-hetero) is 1. The quantitative estimate of drug-likeness (QED) is 0.394. The van der Waals surface area contributed by atoms with Gasteiger partial charge in [0.2, 0.25) is 0 Å². The van der Waals surface area contributed by atoms with E-state index >= 15 is 0 Å². The molecule has 10 heteroatoms. The van der Waals surface area contributed by atoms with Crippen molar-refractivity contribution in [2.45, 2.75) is 39.3 Å². The molecule has 160 valence electrons. The second kappa shape index (κ2) is 9.68. The van der Waals surface area contributed by atoms with Crippen molar-refractivity contribution in [2.75, 3.05) is 10.6 Å². The Bertz CT molecular complexity index is 966. The van der Waals surface area contributed by atoms with E-state index in [2.05, 4.69) is 20.9 Å². The number of amides is 2. The van der Waals surface area contributed by atoms with Gasteiger partial charge < -0.3 is 26.8 Å². The fraction of sp³-hybridized carbons (Fsp3) is 0.300. The van der Waals surface area contributed by atoms with Gasteiger partial charge >= 0.3 is 6.09 Å². The van der Waals surface area contributed by atoms with Crippen molar-refractivity contribution >= 4 is 35.1 Å². The number of carbonyl (C=O) groups excluding carboxylic acids is 2. The maximum absolute atomic E-state index is 14.6. The third-order valence-electron chi connectivity index (χ3n) is 4.49. The summed E-state index contributed by atoms with van der Waals surface area (Å²) in [6.07, 6.45) is -0.725. The van der Waals surface area contributed by atoms with Crippen LogP contribution in [0.4, 0.5) is 26.5 Å². The van der Waals surface area contributed by atoms with E-state index in [1.807, 2.05) is 0 Å². The van der Waals surface area contributed by atoms with Crippen LogP contribution in [-0.4, -0.2) is 40.0 Å². The summed E-state index contributed by atoms with van der Waals surface area (Å²) < 4.78 is 14.6. The minimum absolute atomic E-state index is 0.000743. The van der Waals surface area contributed by atoms with E-state index in [9.17, 15) is 18.8 Å². The zero-order valence-corrected chi connectivity index (χ0v) is 16.8. The van der Waals surface area contributed by atoms with E-state index in [0.29, 0.717) is 17.7 Å². The van der Waals surface area contributed by atoms with Crippen molar-refractivity contribution in [3.63, 3.8) is 0 Å². The van der Waals surface area contributed by atoms with E-state index in [1.165, 1.54) is 6.92 Å². The molecule has 30 heavy (non-hydrogen) atoms. The summed E-state index contributed by atoms with van der Waals surface area (Å²) in [7, 11) is 0. The molecular formula is C20H24FN5O4. The smallest absolute Gasteiger partial charge is 0.404 e. The number of carboxylic acid groups (broad SMARTS) is 1. The summed E-state index contributed by atoms with van der Waals surface area (Å²) in [4.78, 5) is 38.4. The van der Waals surface area contributed by atoms with Gasteiger partial charge in [0.05, 0.1) is 5.56 Å². The Kier molecular flexibility index (Phi) is 7.29. The van der Waals surface area contributed by atoms with E-state index < -0.39 is 29.9 Å². The zero-order chi connectivity index (χ0) is 22.4. The molecule has 1 heterocycles. The number of rotatable bonds is 9. The molecule has 0 aliphatic carbocycles. The van der Waals surface area contributed by atoms with Gasteiger partial charge in [-0.25, -0.2) is 14.2 Å². The number of nitrogens with zero attached hydrogens (tertiary/aromatic N) is 1. The highest BCUT2D eigenvalue weighted by Gasteiger charge is 2.22. The molecule has 0 fully saturated rings. The lowest BCUT2D eigenvalue weighted by Crippen LogP contribution is -2.44. The first-order valence-electron chi connectivity index (χ1n) is 9.26. The highest BCUT2D eigenvalue weighted by atomic mass is 19.1. The highest BCUT2D eigenvalue weighted by molar-refractivity contribution is 5.99. The van der Waals surface area contributed by atoms with Gasteiger partial charge in [-0.3, -0.25) is 9.59 Å². The molecule has 0 saturated heterocycles. The first-order valence-corrected chi connectivity index (χ1v) is 9.26. The molecule has 2 amide bonds. The average Bonchev–Trinajstić information content (AvgIpc) is 2.67. The molecule has 0 aliphatic rings. The highest BCUT2D eigenvalue weighted by Crippen LogP contribution is 2.25. The zero-order valence-electron chi connectivity index (χ0n) is 16.8. The van der Waals surface area contributed by atoms with E-state index in [-0.39, 0.29) is 23.0 Å². The fourth-order valence-electron chi connectivity index (χ4n) is 2.88. The lowest BCUT2D eigenvalue weighted by atomic mass is 10.1. The van der Waals surface area contributed by atoms with Gasteiger partial charge in [-0.05, 0) is 38.5 Å². The van der Waals surface area contributed by atoms with Gasteiger partial charge in [0.1, 0.15) is 5.82 Å². The second-order valence-electron chi connectivity index (χ2n) is 6.74. The summed E-state index contributed by atoms with van der Waals surface area (Å²) in [5.41, 5.74) is 6.10. The third kappa shape index (κ3) is 5.66. The van der Waals surface area contributed by atoms with Crippen molar-refractivity contribution in [3.05, 3.63) is 47.3 Å². The third-order valence-corrected chi connectivity index (χ3v) is 4.49. The number of hydrogen-bond acceptors (Lipinski definition) is 6. The van der Waals surface area contributed by atoms with Crippen LogP contribution in [0.15, 0.2) is 30.3 Å². The lowest BCUT2D eigenvalue weighted by Gasteiger charge is -2.25. The van der Waals surface area contributed by atoms with Gasteiger partial charge in [0.15, 0.2) is 17.4 Å². The maximum atomic E-state index is 14.6. The first-order chi connectivity index (χ1) is 14.1. The number of anilines is 3. The number of nitrogens with two attached hydrogens (primary N) is 1. The van der Waals surface area contributed by atoms with Crippen LogP contribution in [0.2, 0.25) is 0 Å². The Labute approximate surface area is 172 Å². The minimum Gasteiger partial charge on any atom is -0.465 e. The van der Waals surface area contributed by atoms with Crippen molar-refractivity contribution in [1.82, 2.24) is 10.3 Å². The van der Waals surface area contributed by atoms with Gasteiger partial charge in [0.25, 0.3) is 5.91 Å². The van der Waals surface area contributed by atoms with Gasteiger partial charge in [-0.1, -0.05) is 19.1 Å². The normalized spacial score (nSPS) is 12.5. The molecule has 0 saturated carbocycles. The molecule has 6 N–H and O–H groups in total. The van der Waals surface area contributed by atoms with Crippen molar-refractivity contribution in [1.29, 1.82) is 0 Å². The number of pyridine rings is 1. The number of benzene rings is 1. The van der Waals surface area contributed by atoms with Gasteiger partial charge in [-0.15, -0.1) is 0 Å². The van der Waals surface area contributed by atoms with Crippen LogP contribution in [0.25, 0.3) is 0 Å². The number of nitrogens with one attached hydrogen (secondary N) is 3. The summed E-state index contributed by atoms with van der Waals surface area (Å²) in [5.74, 6) is -2.01. The van der Waals surface area contributed by atoms with Crippen LogP contribution in [0.1, 0.15) is 47.9 Å². The summed E-state index contributed by atoms with van der Waals surface area (Å²) in [6, 6.07) is 6.47. The standard InChI is InChI=1S/C20H24FN5O4/c1-4-16(10(2)23-20(29)30)25-19-15(21)9-14(17(22)28)18(26-19)24-13-7-5-6-12(8-13)11(3)27/h5-10,16,23H,4H2,1-3H3,(H2,22,28)(H,29,30)(H2,24,25,26)/t10-,16+/m0/s1. The SMILES string of the molecule is CC[C@@H](Nc1nc(Nc2cccc(C(C)=O)c2)c(C(N)=O)cc1F)[C@H](C)NC(=O)O. The minimum atomic E-state index is -1.20. The number of carbonyl (C=O) groups is 3. The summed E-state index contributed by atoms with van der Waals surface area (Å²) in [5, 5.41) is 17.0. The van der Waals surface area contributed by atoms with Crippen LogP contribution in [0, 0.1) is 5.82 Å². The Morgan fingerprint density at radius 1 is 1.23 bits per heavy atom. The van der Waals surface area contributed by atoms with Crippen LogP contribution in [0.3, 0.4) is 0 Å². The number of primary amides is 1. The van der Waals surface area contributed by atoms with Crippen LogP contribution >= 0.6 is 0 Å². The molecule has 2 aromatic rings. The Morgan fingerprint density at radius 2 is 1.93 bits per heavy atom. The molecule has 9 nitrogen and oxygen atoms in total. The molecule has 0 aliphatic heterocycles. The van der Waals surface area contributed by atoms with Gasteiger partial charge in [0, 0.05) is 23.3 Å². The first kappa shape index (κ1) is 22.6. The molecule has 0 bridgehead atoms. The monoisotopic (exact) mass is 417 g/mol.